The Balaban J connectivity index is 1.83. The number of aromatic nitrogens is 3. The molecule has 1 atom stereocenters. The van der Waals surface area contributed by atoms with Crippen molar-refractivity contribution >= 4 is 28.2 Å². The summed E-state index contributed by atoms with van der Waals surface area (Å²) in [7, 11) is 1.53. The Kier molecular flexibility index (Phi) is 5.06. The number of anilines is 2. The molecule has 3 rings (SSSR count). The summed E-state index contributed by atoms with van der Waals surface area (Å²) >= 11 is 1.57. The van der Waals surface area contributed by atoms with Crippen LogP contribution in [0.25, 0.3) is 0 Å². The zero-order chi connectivity index (χ0) is 17.1. The fourth-order valence-corrected chi connectivity index (χ4v) is 3.54. The molecular formula is C16H21N5O2S. The number of hydrogen-bond donors (Lipinski definition) is 1. The quantitative estimate of drug-likeness (QED) is 0.895. The fourth-order valence-electron chi connectivity index (χ4n) is 2.87. The van der Waals surface area contributed by atoms with E-state index in [2.05, 4.69) is 20.3 Å². The van der Waals surface area contributed by atoms with Gasteiger partial charge in [-0.3, -0.25) is 4.79 Å². The molecule has 0 spiro atoms. The molecule has 0 saturated carbocycles. The van der Waals surface area contributed by atoms with Gasteiger partial charge < -0.3 is 15.0 Å². The first kappa shape index (κ1) is 16.8. The lowest BCUT2D eigenvalue weighted by Crippen LogP contribution is -2.34. The van der Waals surface area contributed by atoms with Crippen LogP contribution in [0.5, 0.6) is 0 Å². The topological polar surface area (TPSA) is 80.2 Å². The zero-order valence-electron chi connectivity index (χ0n) is 14.1. The van der Waals surface area contributed by atoms with E-state index in [1.807, 2.05) is 31.0 Å². The van der Waals surface area contributed by atoms with E-state index in [0.717, 1.165) is 35.1 Å². The second kappa shape index (κ2) is 7.23. The number of aryl methyl sites for hydroxylation is 2. The Labute approximate surface area is 145 Å². The van der Waals surface area contributed by atoms with Crippen molar-refractivity contribution in [2.45, 2.75) is 32.7 Å². The summed E-state index contributed by atoms with van der Waals surface area (Å²) in [6.45, 7) is 4.75. The van der Waals surface area contributed by atoms with Gasteiger partial charge in [-0.1, -0.05) is 0 Å². The van der Waals surface area contributed by atoms with Crippen LogP contribution in [0, 0.1) is 13.8 Å². The van der Waals surface area contributed by atoms with Gasteiger partial charge in [-0.2, -0.15) is 0 Å². The predicted molar refractivity (Wildman–Crippen MR) is 92.5 cm³/mol. The number of nitrogens with one attached hydrogen (secondary N) is 1. The average Bonchev–Trinajstić information content (AvgIpc) is 3.16. The SMILES string of the molecule is COCC(=O)N1CCC[C@@H]1c1nc(C)cc(Nc2ncc(C)s2)n1. The molecule has 1 N–H and O–H groups in total. The number of nitrogens with zero attached hydrogens (tertiary/aromatic N) is 4. The summed E-state index contributed by atoms with van der Waals surface area (Å²) in [4.78, 5) is 28.6. The van der Waals surface area contributed by atoms with Crippen molar-refractivity contribution in [1.82, 2.24) is 19.9 Å². The highest BCUT2D eigenvalue weighted by atomic mass is 32.1. The smallest absolute Gasteiger partial charge is 0.249 e. The summed E-state index contributed by atoms with van der Waals surface area (Å²) in [6.07, 6.45) is 3.64. The maximum atomic E-state index is 12.2. The van der Waals surface area contributed by atoms with Crippen molar-refractivity contribution in [2.75, 3.05) is 25.6 Å². The fraction of sp³-hybridized carbons (Fsp3) is 0.500. The van der Waals surface area contributed by atoms with Crippen LogP contribution in [-0.2, 0) is 9.53 Å². The van der Waals surface area contributed by atoms with Crippen LogP contribution in [0.4, 0.5) is 10.9 Å². The molecule has 2 aromatic rings. The molecule has 3 heterocycles. The van der Waals surface area contributed by atoms with E-state index < -0.39 is 0 Å². The maximum Gasteiger partial charge on any atom is 0.249 e. The van der Waals surface area contributed by atoms with Crippen molar-refractivity contribution in [3.05, 3.63) is 28.7 Å². The number of methoxy groups -OCH3 is 1. The van der Waals surface area contributed by atoms with E-state index in [1.54, 1.807) is 11.3 Å². The van der Waals surface area contributed by atoms with Crippen molar-refractivity contribution in [3.8, 4) is 0 Å². The number of hydrogen-bond acceptors (Lipinski definition) is 7. The Bertz CT molecular complexity index is 733. The Morgan fingerprint density at radius 2 is 2.29 bits per heavy atom. The van der Waals surface area contributed by atoms with Crippen molar-refractivity contribution in [1.29, 1.82) is 0 Å². The molecule has 0 aliphatic carbocycles. The van der Waals surface area contributed by atoms with E-state index >= 15 is 0 Å². The first-order chi connectivity index (χ1) is 11.6. The van der Waals surface area contributed by atoms with Gasteiger partial charge in [0.15, 0.2) is 11.0 Å². The van der Waals surface area contributed by atoms with Gasteiger partial charge in [0.25, 0.3) is 0 Å². The highest BCUT2D eigenvalue weighted by Crippen LogP contribution is 2.31. The average molecular weight is 347 g/mol. The van der Waals surface area contributed by atoms with Crippen LogP contribution in [0.3, 0.4) is 0 Å². The van der Waals surface area contributed by atoms with Gasteiger partial charge in [0.05, 0.1) is 6.04 Å². The van der Waals surface area contributed by atoms with E-state index in [4.69, 9.17) is 4.74 Å². The Morgan fingerprint density at radius 1 is 1.46 bits per heavy atom. The second-order valence-electron chi connectivity index (χ2n) is 5.83. The second-order valence-corrected chi connectivity index (χ2v) is 7.07. The summed E-state index contributed by atoms with van der Waals surface area (Å²) in [5.41, 5.74) is 0.863. The monoisotopic (exact) mass is 347 g/mol. The van der Waals surface area contributed by atoms with E-state index in [0.29, 0.717) is 11.6 Å². The third kappa shape index (κ3) is 3.70. The molecular weight excluding hydrogens is 326 g/mol. The van der Waals surface area contributed by atoms with Crippen LogP contribution >= 0.6 is 11.3 Å². The van der Waals surface area contributed by atoms with E-state index in [1.165, 1.54) is 7.11 Å². The summed E-state index contributed by atoms with van der Waals surface area (Å²) in [5.74, 6) is 1.36. The number of likely N-dealkylation sites (tertiary alicyclic amines) is 1. The van der Waals surface area contributed by atoms with Crippen LogP contribution in [0.2, 0.25) is 0 Å². The molecule has 8 heteroatoms. The lowest BCUT2D eigenvalue weighted by Gasteiger charge is -2.23. The largest absolute Gasteiger partial charge is 0.375 e. The first-order valence-electron chi connectivity index (χ1n) is 7.90. The number of carbonyl (C=O) groups is 1. The standard InChI is InChI=1S/C16H21N5O2S/c1-10-7-13(20-16-17-8-11(2)24-16)19-15(18-10)12-5-4-6-21(12)14(22)9-23-3/h7-8,12H,4-6,9H2,1-3H3,(H,17,18,19,20)/t12-/m1/s1. The number of carbonyl (C=O) groups excluding carboxylic acids is 1. The molecule has 0 bridgehead atoms. The van der Waals surface area contributed by atoms with Crippen LogP contribution in [-0.4, -0.2) is 46.0 Å². The Morgan fingerprint density at radius 3 is 3.00 bits per heavy atom. The molecule has 128 valence electrons. The lowest BCUT2D eigenvalue weighted by atomic mass is 10.2. The third-order valence-corrected chi connectivity index (χ3v) is 4.69. The van der Waals surface area contributed by atoms with Gasteiger partial charge >= 0.3 is 0 Å². The number of amides is 1. The molecule has 24 heavy (non-hydrogen) atoms. The molecule has 1 saturated heterocycles. The molecule has 1 fully saturated rings. The molecule has 0 aromatic carbocycles. The van der Waals surface area contributed by atoms with E-state index in [-0.39, 0.29) is 18.6 Å². The normalized spacial score (nSPS) is 17.3. The van der Waals surface area contributed by atoms with Crippen molar-refractivity contribution in [3.63, 3.8) is 0 Å². The minimum atomic E-state index is -0.0915. The molecule has 2 aromatic heterocycles. The molecule has 0 radical (unpaired) electrons. The highest BCUT2D eigenvalue weighted by Gasteiger charge is 2.32. The molecule has 1 aliphatic heterocycles. The Hall–Kier alpha value is -2.06. The highest BCUT2D eigenvalue weighted by molar-refractivity contribution is 7.15. The van der Waals surface area contributed by atoms with E-state index in [9.17, 15) is 4.79 Å². The van der Waals surface area contributed by atoms with Crippen molar-refractivity contribution in [2.24, 2.45) is 0 Å². The third-order valence-electron chi connectivity index (χ3n) is 3.87. The lowest BCUT2D eigenvalue weighted by molar-refractivity contribution is -0.136. The van der Waals surface area contributed by atoms with Gasteiger partial charge in [-0.25, -0.2) is 15.0 Å². The summed E-state index contributed by atoms with van der Waals surface area (Å²) < 4.78 is 4.98. The molecule has 1 amide bonds. The van der Waals surface area contributed by atoms with Gasteiger partial charge in [-0.05, 0) is 26.7 Å². The van der Waals surface area contributed by atoms with Gasteiger partial charge in [-0.15, -0.1) is 11.3 Å². The minimum absolute atomic E-state index is 0.0184. The van der Waals surface area contributed by atoms with Gasteiger partial charge in [0.1, 0.15) is 12.4 Å². The number of ether oxygens (including phenoxy) is 1. The minimum Gasteiger partial charge on any atom is -0.375 e. The molecule has 0 unspecified atom stereocenters. The molecule has 7 nitrogen and oxygen atoms in total. The molecule has 1 aliphatic rings. The number of rotatable bonds is 5. The number of thiazole rings is 1. The summed E-state index contributed by atoms with van der Waals surface area (Å²) in [5, 5.41) is 4.03. The maximum absolute atomic E-state index is 12.2. The van der Waals surface area contributed by atoms with Crippen LogP contribution in [0.1, 0.15) is 35.3 Å². The van der Waals surface area contributed by atoms with Crippen molar-refractivity contribution < 1.29 is 9.53 Å². The zero-order valence-corrected chi connectivity index (χ0v) is 14.9. The van der Waals surface area contributed by atoms with Gasteiger partial charge in [0.2, 0.25) is 5.91 Å². The van der Waals surface area contributed by atoms with Crippen LogP contribution < -0.4 is 5.32 Å². The predicted octanol–water partition coefficient (Wildman–Crippen LogP) is 2.60. The summed E-state index contributed by atoms with van der Waals surface area (Å²) in [6, 6.07) is 1.79. The van der Waals surface area contributed by atoms with Gasteiger partial charge in [0, 0.05) is 36.5 Å². The van der Waals surface area contributed by atoms with Crippen LogP contribution in [0.15, 0.2) is 12.3 Å². The first-order valence-corrected chi connectivity index (χ1v) is 8.72.